The van der Waals surface area contributed by atoms with Gasteiger partial charge in [0.1, 0.15) is 5.54 Å². The first kappa shape index (κ1) is 18.2. The Morgan fingerprint density at radius 2 is 1.91 bits per heavy atom. The van der Waals surface area contributed by atoms with Crippen LogP contribution in [0.2, 0.25) is 0 Å². The summed E-state index contributed by atoms with van der Waals surface area (Å²) in [5, 5.41) is 21.8. The molecule has 1 aliphatic carbocycles. The van der Waals surface area contributed by atoms with Gasteiger partial charge in [0, 0.05) is 32.2 Å². The lowest BCUT2D eigenvalue weighted by Crippen LogP contribution is -2.55. The van der Waals surface area contributed by atoms with Crippen LogP contribution in [0.4, 0.5) is 0 Å². The second-order valence-corrected chi connectivity index (χ2v) is 6.86. The van der Waals surface area contributed by atoms with Crippen molar-refractivity contribution >= 4 is 5.91 Å². The van der Waals surface area contributed by atoms with Crippen LogP contribution in [0.15, 0.2) is 0 Å². The number of carbonyl (C=O) groups is 1. The fourth-order valence-electron chi connectivity index (χ4n) is 3.72. The van der Waals surface area contributed by atoms with Crippen molar-refractivity contribution in [3.05, 3.63) is 0 Å². The van der Waals surface area contributed by atoms with Gasteiger partial charge in [0.15, 0.2) is 0 Å². The maximum Gasteiger partial charge on any atom is 0.235 e. The summed E-state index contributed by atoms with van der Waals surface area (Å²) in [7, 11) is 0. The smallest absolute Gasteiger partial charge is 0.235 e. The van der Waals surface area contributed by atoms with Gasteiger partial charge in [0.2, 0.25) is 5.91 Å². The van der Waals surface area contributed by atoms with Crippen molar-refractivity contribution in [3.63, 3.8) is 0 Å². The molecule has 1 heterocycles. The molecule has 1 unspecified atom stereocenters. The summed E-state index contributed by atoms with van der Waals surface area (Å²) in [6.45, 7) is 6.10. The zero-order valence-corrected chi connectivity index (χ0v) is 14.3. The number of nitrogens with zero attached hydrogens (tertiary/aromatic N) is 3. The van der Waals surface area contributed by atoms with E-state index in [4.69, 9.17) is 0 Å². The largest absolute Gasteiger partial charge is 0.395 e. The summed E-state index contributed by atoms with van der Waals surface area (Å²) in [5.41, 5.74) is -0.638. The van der Waals surface area contributed by atoms with Crippen molar-refractivity contribution in [1.82, 2.24) is 15.1 Å². The van der Waals surface area contributed by atoms with Crippen molar-refractivity contribution in [3.8, 4) is 6.07 Å². The summed E-state index contributed by atoms with van der Waals surface area (Å²) in [5.74, 6) is -0.0314. The minimum atomic E-state index is -0.638. The fourth-order valence-corrected chi connectivity index (χ4v) is 3.72. The predicted octanol–water partition coefficient (Wildman–Crippen LogP) is 0.718. The maximum absolute atomic E-state index is 12.3. The molecule has 2 aliphatic rings. The first-order chi connectivity index (χ1) is 11.1. The summed E-state index contributed by atoms with van der Waals surface area (Å²) in [6.07, 6.45) is 5.69. The second-order valence-electron chi connectivity index (χ2n) is 6.86. The molecule has 2 N–H and O–H groups in total. The van der Waals surface area contributed by atoms with Gasteiger partial charge < -0.3 is 10.4 Å². The van der Waals surface area contributed by atoms with E-state index in [0.717, 1.165) is 64.7 Å². The topological polar surface area (TPSA) is 79.6 Å². The first-order valence-electron chi connectivity index (χ1n) is 8.92. The molecule has 0 aromatic rings. The molecule has 0 radical (unpaired) electrons. The summed E-state index contributed by atoms with van der Waals surface area (Å²) < 4.78 is 0. The van der Waals surface area contributed by atoms with Gasteiger partial charge in [-0.1, -0.05) is 26.2 Å². The minimum Gasteiger partial charge on any atom is -0.395 e. The highest BCUT2D eigenvalue weighted by Crippen LogP contribution is 2.27. The number of hydrogen-bond acceptors (Lipinski definition) is 5. The van der Waals surface area contributed by atoms with Crippen molar-refractivity contribution < 1.29 is 9.90 Å². The van der Waals surface area contributed by atoms with Gasteiger partial charge in [-0.05, 0) is 19.3 Å². The van der Waals surface area contributed by atoms with E-state index in [2.05, 4.69) is 28.1 Å². The molecule has 1 atom stereocenters. The van der Waals surface area contributed by atoms with E-state index >= 15 is 0 Å². The highest BCUT2D eigenvalue weighted by molar-refractivity contribution is 5.79. The van der Waals surface area contributed by atoms with Crippen LogP contribution in [-0.2, 0) is 4.79 Å². The van der Waals surface area contributed by atoms with Crippen LogP contribution in [0, 0.1) is 11.3 Å². The molecule has 1 aliphatic heterocycles. The molecule has 6 nitrogen and oxygen atoms in total. The summed E-state index contributed by atoms with van der Waals surface area (Å²) in [4.78, 5) is 16.8. The average molecular weight is 322 g/mol. The molecule has 0 aromatic carbocycles. The van der Waals surface area contributed by atoms with E-state index < -0.39 is 5.54 Å². The molecule has 130 valence electrons. The molecule has 23 heavy (non-hydrogen) atoms. The van der Waals surface area contributed by atoms with Gasteiger partial charge in [-0.15, -0.1) is 0 Å². The average Bonchev–Trinajstić information content (AvgIpc) is 2.58. The Balaban J connectivity index is 1.77. The van der Waals surface area contributed by atoms with Crippen LogP contribution < -0.4 is 5.32 Å². The van der Waals surface area contributed by atoms with E-state index in [1.165, 1.54) is 0 Å². The molecule has 1 saturated carbocycles. The van der Waals surface area contributed by atoms with Gasteiger partial charge in [-0.25, -0.2) is 0 Å². The third-order valence-corrected chi connectivity index (χ3v) is 5.27. The summed E-state index contributed by atoms with van der Waals surface area (Å²) in [6, 6.07) is 2.57. The number of nitrogens with one attached hydrogen (secondary N) is 1. The number of aliphatic hydroxyl groups is 1. The van der Waals surface area contributed by atoms with Gasteiger partial charge in [-0.3, -0.25) is 14.6 Å². The van der Waals surface area contributed by atoms with E-state index in [0.29, 0.717) is 6.54 Å². The predicted molar refractivity (Wildman–Crippen MR) is 88.7 cm³/mol. The lowest BCUT2D eigenvalue weighted by Gasteiger charge is -2.38. The molecular formula is C17H30N4O2. The lowest BCUT2D eigenvalue weighted by molar-refractivity contribution is -0.124. The lowest BCUT2D eigenvalue weighted by atomic mass is 9.83. The van der Waals surface area contributed by atoms with Crippen LogP contribution in [-0.4, -0.2) is 71.7 Å². The molecule has 2 fully saturated rings. The van der Waals surface area contributed by atoms with Gasteiger partial charge >= 0.3 is 0 Å². The van der Waals surface area contributed by atoms with E-state index in [1.807, 2.05) is 0 Å². The molecule has 1 amide bonds. The highest BCUT2D eigenvalue weighted by atomic mass is 16.3. The normalized spacial score (nSPS) is 23.9. The van der Waals surface area contributed by atoms with Gasteiger partial charge in [0.05, 0.1) is 19.2 Å². The Kier molecular flexibility index (Phi) is 6.82. The van der Waals surface area contributed by atoms with Crippen molar-refractivity contribution in [2.24, 2.45) is 0 Å². The molecule has 2 rings (SSSR count). The third kappa shape index (κ3) is 4.90. The third-order valence-electron chi connectivity index (χ3n) is 5.27. The Labute approximate surface area is 139 Å². The highest BCUT2D eigenvalue weighted by Gasteiger charge is 2.34. The second kappa shape index (κ2) is 8.62. The molecule has 0 spiro atoms. The number of carbonyl (C=O) groups excluding carboxylic acids is 1. The van der Waals surface area contributed by atoms with Crippen LogP contribution >= 0.6 is 0 Å². The SMILES string of the molecule is CCC(CO)N1CCN(CC(=O)NC2(C#N)CCCCC2)CC1. The van der Waals surface area contributed by atoms with Crippen LogP contribution in [0.1, 0.15) is 45.4 Å². The van der Waals surface area contributed by atoms with E-state index in [9.17, 15) is 15.2 Å². The van der Waals surface area contributed by atoms with Crippen LogP contribution in [0.5, 0.6) is 0 Å². The maximum atomic E-state index is 12.3. The van der Waals surface area contributed by atoms with Crippen LogP contribution in [0.25, 0.3) is 0 Å². The Bertz CT molecular complexity index is 417. The van der Waals surface area contributed by atoms with Crippen molar-refractivity contribution in [1.29, 1.82) is 5.26 Å². The molecule has 6 heteroatoms. The zero-order chi connectivity index (χ0) is 16.7. The first-order valence-corrected chi connectivity index (χ1v) is 8.92. The summed E-state index contributed by atoms with van der Waals surface area (Å²) >= 11 is 0. The molecular weight excluding hydrogens is 292 g/mol. The standard InChI is InChI=1S/C17H30N4O2/c1-2-15(13-22)21-10-8-20(9-11-21)12-16(23)19-17(14-18)6-4-3-5-7-17/h15,22H,2-13H2,1H3,(H,19,23). The minimum absolute atomic E-state index is 0.0314. The number of aliphatic hydroxyl groups excluding tert-OH is 1. The van der Waals surface area contributed by atoms with Crippen molar-refractivity contribution in [2.75, 3.05) is 39.3 Å². The van der Waals surface area contributed by atoms with E-state index in [1.54, 1.807) is 0 Å². The molecule has 0 bridgehead atoms. The Hall–Kier alpha value is -1.16. The van der Waals surface area contributed by atoms with Crippen molar-refractivity contribution in [2.45, 2.75) is 57.0 Å². The number of piperazine rings is 1. The van der Waals surface area contributed by atoms with Gasteiger partial charge in [0.25, 0.3) is 0 Å². The monoisotopic (exact) mass is 322 g/mol. The Morgan fingerprint density at radius 3 is 2.43 bits per heavy atom. The van der Waals surface area contributed by atoms with E-state index in [-0.39, 0.29) is 18.6 Å². The molecule has 0 aromatic heterocycles. The Morgan fingerprint density at radius 1 is 1.26 bits per heavy atom. The zero-order valence-electron chi connectivity index (χ0n) is 14.3. The quantitative estimate of drug-likeness (QED) is 0.753. The number of rotatable bonds is 6. The van der Waals surface area contributed by atoms with Crippen LogP contribution in [0.3, 0.4) is 0 Å². The number of hydrogen-bond donors (Lipinski definition) is 2. The fraction of sp³-hybridized carbons (Fsp3) is 0.882. The van der Waals surface area contributed by atoms with Gasteiger partial charge in [-0.2, -0.15) is 5.26 Å². The molecule has 1 saturated heterocycles. The number of nitriles is 1. The number of amides is 1.